The zero-order valence-corrected chi connectivity index (χ0v) is 12.7. The molecule has 2 heteroatoms. The smallest absolute Gasteiger partial charge is 0.122 e. The molecule has 1 unspecified atom stereocenters. The number of nitrogens with one attached hydrogen (secondary N) is 1. The van der Waals surface area contributed by atoms with Gasteiger partial charge in [0, 0.05) is 6.04 Å². The second kappa shape index (κ2) is 9.85. The molecule has 0 aromatic heterocycles. The van der Waals surface area contributed by atoms with E-state index < -0.39 is 0 Å². The molecular weight excluding hydrogens is 234 g/mol. The van der Waals surface area contributed by atoms with Crippen LogP contribution in [-0.4, -0.2) is 19.7 Å². The van der Waals surface area contributed by atoms with Crippen molar-refractivity contribution >= 4 is 0 Å². The highest BCUT2D eigenvalue weighted by Crippen LogP contribution is 2.20. The van der Waals surface area contributed by atoms with Gasteiger partial charge in [-0.2, -0.15) is 0 Å². The van der Waals surface area contributed by atoms with Crippen molar-refractivity contribution in [2.24, 2.45) is 0 Å². The fourth-order valence-corrected chi connectivity index (χ4v) is 2.40. The monoisotopic (exact) mass is 263 g/mol. The number of para-hydroxylation sites is 1. The van der Waals surface area contributed by atoms with Crippen molar-refractivity contribution in [3.8, 4) is 5.75 Å². The van der Waals surface area contributed by atoms with Crippen molar-refractivity contribution in [1.29, 1.82) is 0 Å². The van der Waals surface area contributed by atoms with Crippen LogP contribution in [0.25, 0.3) is 0 Å². The van der Waals surface area contributed by atoms with Crippen molar-refractivity contribution in [3.63, 3.8) is 0 Å². The lowest BCUT2D eigenvalue weighted by atomic mass is 9.99. The largest absolute Gasteiger partial charge is 0.496 e. The van der Waals surface area contributed by atoms with Gasteiger partial charge in [0.1, 0.15) is 5.75 Å². The molecule has 19 heavy (non-hydrogen) atoms. The van der Waals surface area contributed by atoms with Crippen LogP contribution >= 0.6 is 0 Å². The van der Waals surface area contributed by atoms with Crippen molar-refractivity contribution < 1.29 is 4.74 Å². The van der Waals surface area contributed by atoms with Gasteiger partial charge < -0.3 is 10.1 Å². The lowest BCUT2D eigenvalue weighted by Gasteiger charge is -2.20. The lowest BCUT2D eigenvalue weighted by molar-refractivity contribution is 0.400. The quantitative estimate of drug-likeness (QED) is 0.639. The molecule has 0 aliphatic rings. The van der Waals surface area contributed by atoms with Crippen LogP contribution in [0.5, 0.6) is 5.75 Å². The van der Waals surface area contributed by atoms with Crippen molar-refractivity contribution in [1.82, 2.24) is 5.32 Å². The van der Waals surface area contributed by atoms with Crippen molar-refractivity contribution in [3.05, 3.63) is 29.8 Å². The number of benzene rings is 1. The molecule has 1 N–H and O–H groups in total. The van der Waals surface area contributed by atoms with Crippen molar-refractivity contribution in [2.45, 2.75) is 58.4 Å². The molecule has 0 bridgehead atoms. The first-order chi connectivity index (χ1) is 9.31. The molecule has 108 valence electrons. The predicted octanol–water partition coefficient (Wildman–Crippen LogP) is 4.19. The fraction of sp³-hybridized carbons (Fsp3) is 0.647. The third-order valence-corrected chi connectivity index (χ3v) is 3.50. The first-order valence-corrected chi connectivity index (χ1v) is 7.67. The molecule has 0 radical (unpaired) electrons. The van der Waals surface area contributed by atoms with Gasteiger partial charge in [0.15, 0.2) is 0 Å². The predicted molar refractivity (Wildman–Crippen MR) is 82.9 cm³/mol. The topological polar surface area (TPSA) is 21.3 Å². The number of rotatable bonds is 10. The van der Waals surface area contributed by atoms with Crippen LogP contribution in [0.15, 0.2) is 24.3 Å². The van der Waals surface area contributed by atoms with Crippen LogP contribution < -0.4 is 10.1 Å². The summed E-state index contributed by atoms with van der Waals surface area (Å²) in [4.78, 5) is 0. The summed E-state index contributed by atoms with van der Waals surface area (Å²) in [5, 5.41) is 3.67. The molecule has 1 rings (SSSR count). The van der Waals surface area contributed by atoms with E-state index in [0.717, 1.165) is 18.7 Å². The minimum atomic E-state index is 0.572. The van der Waals surface area contributed by atoms with Crippen LogP contribution in [0.1, 0.15) is 51.5 Å². The summed E-state index contributed by atoms with van der Waals surface area (Å²) in [5.74, 6) is 1.02. The highest BCUT2D eigenvalue weighted by molar-refractivity contribution is 5.33. The van der Waals surface area contributed by atoms with Gasteiger partial charge in [0.2, 0.25) is 0 Å². The summed E-state index contributed by atoms with van der Waals surface area (Å²) in [6, 6.07) is 8.94. The van der Waals surface area contributed by atoms with E-state index in [2.05, 4.69) is 37.4 Å². The summed E-state index contributed by atoms with van der Waals surface area (Å²) < 4.78 is 5.45. The zero-order chi connectivity index (χ0) is 13.9. The Bertz CT molecular complexity index is 338. The zero-order valence-electron chi connectivity index (χ0n) is 12.7. The molecule has 0 saturated heterocycles. The second-order valence-electron chi connectivity index (χ2n) is 5.16. The third kappa shape index (κ3) is 6.11. The Morgan fingerprint density at radius 2 is 1.89 bits per heavy atom. The SMILES string of the molecule is CCCCCC(Cc1ccccc1OC)NCCC. The molecule has 1 atom stereocenters. The van der Waals surface area contributed by atoms with Crippen LogP contribution in [0.3, 0.4) is 0 Å². The van der Waals surface area contributed by atoms with Gasteiger partial charge in [-0.15, -0.1) is 0 Å². The maximum atomic E-state index is 5.45. The molecule has 1 aromatic carbocycles. The molecule has 0 amide bonds. The van der Waals surface area contributed by atoms with Crippen LogP contribution in [-0.2, 0) is 6.42 Å². The van der Waals surface area contributed by atoms with Gasteiger partial charge in [-0.25, -0.2) is 0 Å². The van der Waals surface area contributed by atoms with E-state index in [4.69, 9.17) is 4.74 Å². The van der Waals surface area contributed by atoms with Gasteiger partial charge in [-0.1, -0.05) is 51.3 Å². The maximum absolute atomic E-state index is 5.45. The van der Waals surface area contributed by atoms with Crippen molar-refractivity contribution in [2.75, 3.05) is 13.7 Å². The summed E-state index contributed by atoms with van der Waals surface area (Å²) in [7, 11) is 1.75. The number of ether oxygens (including phenoxy) is 1. The molecule has 0 heterocycles. The van der Waals surface area contributed by atoms with E-state index in [1.807, 2.05) is 6.07 Å². The van der Waals surface area contributed by atoms with Gasteiger partial charge in [0.05, 0.1) is 7.11 Å². The summed E-state index contributed by atoms with van der Waals surface area (Å²) in [5.41, 5.74) is 1.31. The highest BCUT2D eigenvalue weighted by atomic mass is 16.5. The Morgan fingerprint density at radius 3 is 2.58 bits per heavy atom. The minimum absolute atomic E-state index is 0.572. The standard InChI is InChI=1S/C17H29NO/c1-4-6-7-11-16(18-13-5-2)14-15-10-8-9-12-17(15)19-3/h8-10,12,16,18H,4-7,11,13-14H2,1-3H3. The molecule has 0 saturated carbocycles. The third-order valence-electron chi connectivity index (χ3n) is 3.50. The molecular formula is C17H29NO. The fourth-order valence-electron chi connectivity index (χ4n) is 2.40. The summed E-state index contributed by atoms with van der Waals surface area (Å²) in [6.45, 7) is 5.58. The van der Waals surface area contributed by atoms with Crippen LogP contribution in [0, 0.1) is 0 Å². The van der Waals surface area contributed by atoms with E-state index in [9.17, 15) is 0 Å². The first-order valence-electron chi connectivity index (χ1n) is 7.67. The van der Waals surface area contributed by atoms with Crippen LogP contribution in [0.2, 0.25) is 0 Å². The lowest BCUT2D eigenvalue weighted by Crippen LogP contribution is -2.31. The summed E-state index contributed by atoms with van der Waals surface area (Å²) >= 11 is 0. The number of hydrogen-bond donors (Lipinski definition) is 1. The molecule has 0 aliphatic carbocycles. The van der Waals surface area contributed by atoms with E-state index in [1.165, 1.54) is 37.7 Å². The van der Waals surface area contributed by atoms with Crippen LogP contribution in [0.4, 0.5) is 0 Å². The average molecular weight is 263 g/mol. The molecule has 0 aliphatic heterocycles. The van der Waals surface area contributed by atoms with Gasteiger partial charge in [-0.3, -0.25) is 0 Å². The maximum Gasteiger partial charge on any atom is 0.122 e. The van der Waals surface area contributed by atoms with E-state index in [1.54, 1.807) is 7.11 Å². The highest BCUT2D eigenvalue weighted by Gasteiger charge is 2.11. The number of hydrogen-bond acceptors (Lipinski definition) is 2. The molecule has 0 spiro atoms. The second-order valence-corrected chi connectivity index (χ2v) is 5.16. The van der Waals surface area contributed by atoms with Gasteiger partial charge in [0.25, 0.3) is 0 Å². The first kappa shape index (κ1) is 16.0. The normalized spacial score (nSPS) is 12.4. The Hall–Kier alpha value is -1.02. The Kier molecular flexibility index (Phi) is 8.31. The Morgan fingerprint density at radius 1 is 1.11 bits per heavy atom. The van der Waals surface area contributed by atoms with E-state index >= 15 is 0 Å². The number of methoxy groups -OCH3 is 1. The Labute approximate surface area is 118 Å². The average Bonchev–Trinajstić information content (AvgIpc) is 2.45. The van der Waals surface area contributed by atoms with E-state index in [-0.39, 0.29) is 0 Å². The molecule has 1 aromatic rings. The molecule has 0 fully saturated rings. The van der Waals surface area contributed by atoms with Gasteiger partial charge in [-0.05, 0) is 37.4 Å². The van der Waals surface area contributed by atoms with E-state index in [0.29, 0.717) is 6.04 Å². The Balaban J connectivity index is 2.58. The summed E-state index contributed by atoms with van der Waals surface area (Å²) in [6.07, 6.45) is 7.44. The van der Waals surface area contributed by atoms with Gasteiger partial charge >= 0.3 is 0 Å². The number of unbranched alkanes of at least 4 members (excludes halogenated alkanes) is 2. The molecule has 2 nitrogen and oxygen atoms in total. The minimum Gasteiger partial charge on any atom is -0.496 e.